The number of thioether (sulfide) groups is 1. The quantitative estimate of drug-likeness (QED) is 0.428. The molecule has 2 unspecified atom stereocenters. The van der Waals surface area contributed by atoms with Gasteiger partial charge in [0.1, 0.15) is 6.04 Å². The maximum Gasteiger partial charge on any atom is 0.326 e. The van der Waals surface area contributed by atoms with Crippen molar-refractivity contribution in [3.05, 3.63) is 34.4 Å². The molecule has 2 N–H and O–H groups in total. The van der Waals surface area contributed by atoms with E-state index in [1.54, 1.807) is 19.1 Å². The number of carboxylic acid groups (broad SMARTS) is 1. The van der Waals surface area contributed by atoms with E-state index < -0.39 is 22.2 Å². The number of carboxylic acids is 1. The van der Waals surface area contributed by atoms with Crippen LogP contribution in [0.5, 0.6) is 0 Å². The third-order valence-electron chi connectivity index (χ3n) is 3.05. The monoisotopic (exact) mass is 340 g/mol. The number of nitro groups is 1. The minimum atomic E-state index is -1.06. The number of carbonyl (C=O) groups excluding carboxylic acids is 1. The first-order valence-corrected chi connectivity index (χ1v) is 8.03. The Morgan fingerprint density at radius 1 is 1.26 bits per heavy atom. The first kappa shape index (κ1) is 19.0. The van der Waals surface area contributed by atoms with Gasteiger partial charge < -0.3 is 10.4 Å². The van der Waals surface area contributed by atoms with Crippen LogP contribution in [0, 0.1) is 16.0 Å². The van der Waals surface area contributed by atoms with Gasteiger partial charge in [0.25, 0.3) is 5.69 Å². The number of non-ortho nitro benzene ring substituents is 1. The number of nitrogens with zero attached hydrogens (tertiary/aromatic N) is 1. The van der Waals surface area contributed by atoms with E-state index in [1.807, 2.05) is 13.8 Å². The summed E-state index contributed by atoms with van der Waals surface area (Å²) in [4.78, 5) is 34.1. The highest BCUT2D eigenvalue weighted by molar-refractivity contribution is 8.00. The molecule has 0 radical (unpaired) electrons. The molecule has 126 valence electrons. The zero-order valence-corrected chi connectivity index (χ0v) is 14.0. The fourth-order valence-corrected chi connectivity index (χ4v) is 2.76. The Morgan fingerprint density at radius 3 is 2.26 bits per heavy atom. The zero-order valence-electron chi connectivity index (χ0n) is 13.2. The van der Waals surface area contributed by atoms with Gasteiger partial charge >= 0.3 is 5.97 Å². The van der Waals surface area contributed by atoms with Gasteiger partial charge in [0, 0.05) is 17.0 Å². The molecule has 0 aromatic heterocycles. The fourth-order valence-electron chi connectivity index (χ4n) is 1.89. The van der Waals surface area contributed by atoms with E-state index >= 15 is 0 Å². The molecule has 1 aromatic carbocycles. The van der Waals surface area contributed by atoms with Crippen molar-refractivity contribution >= 4 is 29.3 Å². The largest absolute Gasteiger partial charge is 0.480 e. The summed E-state index contributed by atoms with van der Waals surface area (Å²) in [5.74, 6) is -1.28. The topological polar surface area (TPSA) is 110 Å². The first-order chi connectivity index (χ1) is 10.7. The van der Waals surface area contributed by atoms with Gasteiger partial charge in [0.05, 0.1) is 10.2 Å². The van der Waals surface area contributed by atoms with Gasteiger partial charge in [-0.15, -0.1) is 11.8 Å². The Hall–Kier alpha value is -2.09. The molecule has 0 fully saturated rings. The van der Waals surface area contributed by atoms with Crippen molar-refractivity contribution in [1.29, 1.82) is 0 Å². The van der Waals surface area contributed by atoms with E-state index in [-0.39, 0.29) is 17.5 Å². The molecule has 0 saturated carbocycles. The minimum Gasteiger partial charge on any atom is -0.480 e. The molecule has 0 aliphatic rings. The lowest BCUT2D eigenvalue weighted by atomic mass is 10.0. The molecule has 0 heterocycles. The summed E-state index contributed by atoms with van der Waals surface area (Å²) in [6.45, 7) is 5.43. The molecule has 2 atom stereocenters. The number of benzene rings is 1. The van der Waals surface area contributed by atoms with Crippen molar-refractivity contribution in [3.63, 3.8) is 0 Å². The highest BCUT2D eigenvalue weighted by atomic mass is 32.2. The molecule has 1 rings (SSSR count). The van der Waals surface area contributed by atoms with Gasteiger partial charge in [-0.3, -0.25) is 14.9 Å². The van der Waals surface area contributed by atoms with E-state index in [2.05, 4.69) is 5.32 Å². The second kappa shape index (κ2) is 8.52. The molecule has 0 bridgehead atoms. The third kappa shape index (κ3) is 6.27. The lowest BCUT2D eigenvalue weighted by molar-refractivity contribution is -0.384. The van der Waals surface area contributed by atoms with Crippen LogP contribution in [0.3, 0.4) is 0 Å². The van der Waals surface area contributed by atoms with Crippen LogP contribution < -0.4 is 5.32 Å². The number of amides is 1. The van der Waals surface area contributed by atoms with E-state index in [0.717, 1.165) is 0 Å². The van der Waals surface area contributed by atoms with Gasteiger partial charge in [0.2, 0.25) is 5.91 Å². The van der Waals surface area contributed by atoms with Crippen LogP contribution in [0.25, 0.3) is 0 Å². The zero-order chi connectivity index (χ0) is 17.6. The van der Waals surface area contributed by atoms with Gasteiger partial charge in [-0.2, -0.15) is 0 Å². The highest BCUT2D eigenvalue weighted by Gasteiger charge is 2.24. The van der Waals surface area contributed by atoms with Gasteiger partial charge in [0.15, 0.2) is 0 Å². The number of hydrogen-bond acceptors (Lipinski definition) is 5. The Labute approximate surface area is 138 Å². The SMILES string of the molecule is CC(C)CC(NC(=O)C(C)Sc1ccc([N+](=O)[O-])cc1)C(=O)O. The molecule has 7 nitrogen and oxygen atoms in total. The van der Waals surface area contributed by atoms with Crippen LogP contribution in [0.4, 0.5) is 5.69 Å². The Bertz CT molecular complexity index is 574. The number of rotatable bonds is 8. The van der Waals surface area contributed by atoms with Crippen LogP contribution >= 0.6 is 11.8 Å². The highest BCUT2D eigenvalue weighted by Crippen LogP contribution is 2.25. The van der Waals surface area contributed by atoms with E-state index in [0.29, 0.717) is 11.3 Å². The fraction of sp³-hybridized carbons (Fsp3) is 0.467. The third-order valence-corrected chi connectivity index (χ3v) is 4.16. The summed E-state index contributed by atoms with van der Waals surface area (Å²) < 4.78 is 0. The van der Waals surface area contributed by atoms with Crippen LogP contribution in [-0.4, -0.2) is 33.2 Å². The Morgan fingerprint density at radius 2 is 1.83 bits per heavy atom. The maximum absolute atomic E-state index is 12.1. The molecule has 0 aliphatic carbocycles. The van der Waals surface area contributed by atoms with Gasteiger partial charge in [-0.05, 0) is 31.4 Å². The molecule has 0 spiro atoms. The van der Waals surface area contributed by atoms with Gasteiger partial charge in [-0.25, -0.2) is 4.79 Å². The molecule has 1 amide bonds. The van der Waals surface area contributed by atoms with Crippen molar-refractivity contribution in [1.82, 2.24) is 5.32 Å². The van der Waals surface area contributed by atoms with E-state index in [4.69, 9.17) is 5.11 Å². The minimum absolute atomic E-state index is 0.0191. The van der Waals surface area contributed by atoms with Crippen molar-refractivity contribution in [2.45, 2.75) is 43.4 Å². The average Bonchev–Trinajstić information content (AvgIpc) is 2.46. The predicted octanol–water partition coefficient (Wildman–Crippen LogP) is 2.69. The lowest BCUT2D eigenvalue weighted by Crippen LogP contribution is -2.44. The summed E-state index contributed by atoms with van der Waals surface area (Å²) in [5, 5.41) is 21.8. The number of aliphatic carboxylic acids is 1. The van der Waals surface area contributed by atoms with Crippen molar-refractivity contribution in [2.75, 3.05) is 0 Å². The molecule has 0 aliphatic heterocycles. The smallest absolute Gasteiger partial charge is 0.326 e. The Balaban J connectivity index is 2.65. The van der Waals surface area contributed by atoms with Gasteiger partial charge in [-0.1, -0.05) is 13.8 Å². The Kier molecular flexibility index (Phi) is 7.02. The van der Waals surface area contributed by atoms with Crippen molar-refractivity contribution < 1.29 is 19.6 Å². The van der Waals surface area contributed by atoms with Crippen LogP contribution in [0.15, 0.2) is 29.2 Å². The standard InChI is InChI=1S/C15H20N2O5S/c1-9(2)8-13(15(19)20)16-14(18)10(3)23-12-6-4-11(5-7-12)17(21)22/h4-7,9-10,13H,8H2,1-3H3,(H,16,18)(H,19,20). The molecule has 0 saturated heterocycles. The summed E-state index contributed by atoms with van der Waals surface area (Å²) in [7, 11) is 0. The maximum atomic E-state index is 12.1. The number of carbonyl (C=O) groups is 2. The second-order valence-corrected chi connectivity index (χ2v) is 6.95. The lowest BCUT2D eigenvalue weighted by Gasteiger charge is -2.19. The van der Waals surface area contributed by atoms with Crippen molar-refractivity contribution in [3.8, 4) is 0 Å². The van der Waals surface area contributed by atoms with E-state index in [9.17, 15) is 19.7 Å². The summed E-state index contributed by atoms with van der Waals surface area (Å²) in [6.07, 6.45) is 0.357. The normalized spacial score (nSPS) is 13.4. The second-order valence-electron chi connectivity index (χ2n) is 5.54. The molecule has 1 aromatic rings. The average molecular weight is 340 g/mol. The molecule has 23 heavy (non-hydrogen) atoms. The first-order valence-electron chi connectivity index (χ1n) is 7.15. The van der Waals surface area contributed by atoms with E-state index in [1.165, 1.54) is 23.9 Å². The predicted molar refractivity (Wildman–Crippen MR) is 87.4 cm³/mol. The summed E-state index contributed by atoms with van der Waals surface area (Å²) >= 11 is 1.22. The number of hydrogen-bond donors (Lipinski definition) is 2. The molecular formula is C15H20N2O5S. The number of nitro benzene ring substituents is 1. The number of nitrogens with one attached hydrogen (secondary N) is 1. The van der Waals surface area contributed by atoms with Crippen LogP contribution in [0.1, 0.15) is 27.2 Å². The van der Waals surface area contributed by atoms with Crippen LogP contribution in [-0.2, 0) is 9.59 Å². The molecule has 8 heteroatoms. The summed E-state index contributed by atoms with van der Waals surface area (Å²) in [6, 6.07) is 4.95. The van der Waals surface area contributed by atoms with Crippen molar-refractivity contribution in [2.24, 2.45) is 5.92 Å². The summed E-state index contributed by atoms with van der Waals surface area (Å²) in [5.41, 5.74) is -0.0191. The molecular weight excluding hydrogens is 320 g/mol. The van der Waals surface area contributed by atoms with Crippen LogP contribution in [0.2, 0.25) is 0 Å².